The van der Waals surface area contributed by atoms with Crippen LogP contribution in [0.1, 0.15) is 12.1 Å². The molecule has 21 heavy (non-hydrogen) atoms. The van der Waals surface area contributed by atoms with Gasteiger partial charge in [0.05, 0.1) is 11.4 Å². The third-order valence-electron chi connectivity index (χ3n) is 3.91. The molecule has 1 aromatic carbocycles. The predicted molar refractivity (Wildman–Crippen MR) is 78.0 cm³/mol. The number of nitrogens with zero attached hydrogens (tertiary/aromatic N) is 3. The Labute approximate surface area is 122 Å². The van der Waals surface area contributed by atoms with E-state index in [1.165, 1.54) is 0 Å². The number of rotatable bonds is 4. The van der Waals surface area contributed by atoms with Gasteiger partial charge in [0.25, 0.3) is 0 Å². The highest BCUT2D eigenvalue weighted by Gasteiger charge is 2.41. The van der Waals surface area contributed by atoms with Crippen molar-refractivity contribution in [2.24, 2.45) is 5.73 Å². The molecule has 1 aromatic heterocycles. The summed E-state index contributed by atoms with van der Waals surface area (Å²) in [6, 6.07) is 11.8. The third kappa shape index (κ3) is 2.68. The van der Waals surface area contributed by atoms with Gasteiger partial charge in [0.1, 0.15) is 5.54 Å². The Balaban J connectivity index is 1.76. The summed E-state index contributed by atoms with van der Waals surface area (Å²) in [7, 11) is 0. The fourth-order valence-electron chi connectivity index (χ4n) is 2.71. The quantitative estimate of drug-likeness (QED) is 0.871. The molecular formula is C15H18N4O2. The average molecular weight is 286 g/mol. The van der Waals surface area contributed by atoms with E-state index in [4.69, 9.17) is 5.73 Å². The van der Waals surface area contributed by atoms with Crippen LogP contribution in [-0.2, 0) is 11.3 Å². The maximum Gasteiger partial charge on any atom is 0.325 e. The summed E-state index contributed by atoms with van der Waals surface area (Å²) in [5.74, 6) is -0.929. The molecule has 3 N–H and O–H groups in total. The zero-order chi connectivity index (χ0) is 14.9. The number of benzene rings is 1. The summed E-state index contributed by atoms with van der Waals surface area (Å²) in [5, 5.41) is 13.5. The zero-order valence-electron chi connectivity index (χ0n) is 11.6. The molecule has 110 valence electrons. The second-order valence-electron chi connectivity index (χ2n) is 5.49. The van der Waals surface area contributed by atoms with Gasteiger partial charge in [-0.2, -0.15) is 5.10 Å². The number of likely N-dealkylation sites (tertiary alicyclic amines) is 1. The molecule has 1 fully saturated rings. The van der Waals surface area contributed by atoms with Crippen molar-refractivity contribution in [2.45, 2.75) is 18.5 Å². The minimum Gasteiger partial charge on any atom is -0.480 e. The van der Waals surface area contributed by atoms with Crippen molar-refractivity contribution in [3.63, 3.8) is 0 Å². The van der Waals surface area contributed by atoms with Crippen LogP contribution in [0.4, 0.5) is 0 Å². The maximum atomic E-state index is 11.2. The number of hydrogen-bond donors (Lipinski definition) is 2. The van der Waals surface area contributed by atoms with Crippen LogP contribution in [0.2, 0.25) is 0 Å². The van der Waals surface area contributed by atoms with Crippen molar-refractivity contribution in [1.82, 2.24) is 14.7 Å². The first-order valence-electron chi connectivity index (χ1n) is 6.91. The standard InChI is InChI=1S/C15H18N4O2/c16-15(14(20)21)7-9-18(11-15)10-13-6-8-17-19(13)12-4-2-1-3-5-12/h1-6,8H,7,9-11,16H2,(H,20,21)/t15-/m0/s1. The Morgan fingerprint density at radius 2 is 2.10 bits per heavy atom. The van der Waals surface area contributed by atoms with Crippen LogP contribution in [0, 0.1) is 0 Å². The minimum atomic E-state index is -1.13. The Bertz CT molecular complexity index is 640. The fraction of sp³-hybridized carbons (Fsp3) is 0.333. The fourth-order valence-corrected chi connectivity index (χ4v) is 2.71. The van der Waals surface area contributed by atoms with Crippen LogP contribution in [0.3, 0.4) is 0 Å². The lowest BCUT2D eigenvalue weighted by Gasteiger charge is -2.20. The van der Waals surface area contributed by atoms with Gasteiger partial charge in [0, 0.05) is 25.8 Å². The monoisotopic (exact) mass is 286 g/mol. The van der Waals surface area contributed by atoms with Crippen molar-refractivity contribution in [2.75, 3.05) is 13.1 Å². The first-order valence-corrected chi connectivity index (χ1v) is 6.91. The Kier molecular flexibility index (Phi) is 3.48. The number of carbonyl (C=O) groups is 1. The Morgan fingerprint density at radius 3 is 2.76 bits per heavy atom. The smallest absolute Gasteiger partial charge is 0.325 e. The van der Waals surface area contributed by atoms with E-state index in [-0.39, 0.29) is 0 Å². The number of carboxylic acids is 1. The second-order valence-corrected chi connectivity index (χ2v) is 5.49. The Hall–Kier alpha value is -2.18. The summed E-state index contributed by atoms with van der Waals surface area (Å²) in [6.45, 7) is 1.69. The van der Waals surface area contributed by atoms with Crippen molar-refractivity contribution in [3.8, 4) is 5.69 Å². The number of aliphatic carboxylic acids is 1. The molecule has 0 spiro atoms. The zero-order valence-corrected chi connectivity index (χ0v) is 11.6. The molecular weight excluding hydrogens is 268 g/mol. The molecule has 0 amide bonds. The molecule has 0 radical (unpaired) electrons. The van der Waals surface area contributed by atoms with E-state index in [1.807, 2.05) is 41.1 Å². The van der Waals surface area contributed by atoms with Gasteiger partial charge in [-0.1, -0.05) is 18.2 Å². The number of aromatic nitrogens is 2. The molecule has 0 bridgehead atoms. The number of nitrogens with two attached hydrogens (primary N) is 1. The molecule has 0 aliphatic carbocycles. The lowest BCUT2D eigenvalue weighted by Crippen LogP contribution is -2.50. The third-order valence-corrected chi connectivity index (χ3v) is 3.91. The van der Waals surface area contributed by atoms with E-state index < -0.39 is 11.5 Å². The second kappa shape index (κ2) is 5.31. The summed E-state index contributed by atoms with van der Waals surface area (Å²) in [4.78, 5) is 13.3. The highest BCUT2D eigenvalue weighted by atomic mass is 16.4. The van der Waals surface area contributed by atoms with Gasteiger partial charge in [0.15, 0.2) is 0 Å². The maximum absolute atomic E-state index is 11.2. The van der Waals surface area contributed by atoms with Gasteiger partial charge >= 0.3 is 5.97 Å². The number of carboxylic acid groups (broad SMARTS) is 1. The normalized spacial score (nSPS) is 22.5. The van der Waals surface area contributed by atoms with Gasteiger partial charge in [-0.15, -0.1) is 0 Å². The first-order chi connectivity index (χ1) is 10.1. The van der Waals surface area contributed by atoms with Crippen LogP contribution in [0.15, 0.2) is 42.6 Å². The van der Waals surface area contributed by atoms with Gasteiger partial charge < -0.3 is 10.8 Å². The highest BCUT2D eigenvalue weighted by molar-refractivity contribution is 5.79. The molecule has 2 aromatic rings. The van der Waals surface area contributed by atoms with Crippen molar-refractivity contribution >= 4 is 5.97 Å². The summed E-state index contributed by atoms with van der Waals surface area (Å²) < 4.78 is 1.87. The van der Waals surface area contributed by atoms with Crippen LogP contribution >= 0.6 is 0 Å². The largest absolute Gasteiger partial charge is 0.480 e. The van der Waals surface area contributed by atoms with Gasteiger partial charge in [-0.25, -0.2) is 4.68 Å². The molecule has 0 saturated carbocycles. The SMILES string of the molecule is N[C@@]1(C(=O)O)CCN(Cc2ccnn2-c2ccccc2)C1. The van der Waals surface area contributed by atoms with E-state index in [1.54, 1.807) is 6.20 Å². The van der Waals surface area contributed by atoms with E-state index in [0.29, 0.717) is 26.1 Å². The van der Waals surface area contributed by atoms with E-state index in [2.05, 4.69) is 10.00 Å². The predicted octanol–water partition coefficient (Wildman–Crippen LogP) is 0.860. The molecule has 1 aliphatic rings. The van der Waals surface area contributed by atoms with E-state index >= 15 is 0 Å². The summed E-state index contributed by atoms with van der Waals surface area (Å²) >= 11 is 0. The minimum absolute atomic E-state index is 0.363. The molecule has 1 atom stereocenters. The highest BCUT2D eigenvalue weighted by Crippen LogP contribution is 2.21. The van der Waals surface area contributed by atoms with Crippen LogP contribution in [0.25, 0.3) is 5.69 Å². The molecule has 0 unspecified atom stereocenters. The molecule has 3 rings (SSSR count). The van der Waals surface area contributed by atoms with Crippen LogP contribution in [0.5, 0.6) is 0 Å². The van der Waals surface area contributed by atoms with Crippen molar-refractivity contribution in [3.05, 3.63) is 48.3 Å². The Morgan fingerprint density at radius 1 is 1.33 bits per heavy atom. The van der Waals surface area contributed by atoms with E-state index in [0.717, 1.165) is 11.4 Å². The van der Waals surface area contributed by atoms with Crippen LogP contribution in [-0.4, -0.2) is 44.4 Å². The molecule has 1 saturated heterocycles. The summed E-state index contributed by atoms with van der Waals surface area (Å²) in [5.41, 5.74) is 6.80. The van der Waals surface area contributed by atoms with Gasteiger partial charge in [0.2, 0.25) is 0 Å². The van der Waals surface area contributed by atoms with Crippen molar-refractivity contribution < 1.29 is 9.90 Å². The topological polar surface area (TPSA) is 84.4 Å². The van der Waals surface area contributed by atoms with Crippen molar-refractivity contribution in [1.29, 1.82) is 0 Å². The van der Waals surface area contributed by atoms with Gasteiger partial charge in [-0.3, -0.25) is 9.69 Å². The summed E-state index contributed by atoms with van der Waals surface area (Å²) in [6.07, 6.45) is 2.23. The lowest BCUT2D eigenvalue weighted by atomic mass is 10.0. The van der Waals surface area contributed by atoms with Gasteiger partial charge in [-0.05, 0) is 24.6 Å². The molecule has 1 aliphatic heterocycles. The lowest BCUT2D eigenvalue weighted by molar-refractivity contribution is -0.142. The average Bonchev–Trinajstić information content (AvgIpc) is 3.08. The first kappa shape index (κ1) is 13.8. The van der Waals surface area contributed by atoms with E-state index in [9.17, 15) is 9.90 Å². The molecule has 2 heterocycles. The molecule has 6 heteroatoms. The molecule has 6 nitrogen and oxygen atoms in total. The number of para-hydroxylation sites is 1. The number of hydrogen-bond acceptors (Lipinski definition) is 4. The van der Waals surface area contributed by atoms with Crippen LogP contribution < -0.4 is 5.73 Å².